The molecule has 136 valence electrons. The third-order valence-corrected chi connectivity index (χ3v) is 5.83. The summed E-state index contributed by atoms with van der Waals surface area (Å²) in [7, 11) is 0. The molecule has 3 aliphatic rings. The Labute approximate surface area is 146 Å². The van der Waals surface area contributed by atoms with E-state index in [4.69, 9.17) is 4.74 Å². The average molecular weight is 350 g/mol. The molecular weight excluding hydrogens is 326 g/mol. The van der Waals surface area contributed by atoms with Gasteiger partial charge in [0.2, 0.25) is 0 Å². The lowest BCUT2D eigenvalue weighted by atomic mass is 9.80. The summed E-state index contributed by atoms with van der Waals surface area (Å²) < 4.78 is 34.0. The lowest BCUT2D eigenvalue weighted by Gasteiger charge is -2.42. The third kappa shape index (κ3) is 3.29. The van der Waals surface area contributed by atoms with Gasteiger partial charge in [-0.1, -0.05) is 18.2 Å². The van der Waals surface area contributed by atoms with E-state index in [1.54, 1.807) is 23.1 Å². The molecule has 25 heavy (non-hydrogen) atoms. The molecule has 0 N–H and O–H groups in total. The number of fused-ring (bicyclic) bond motifs is 1. The second kappa shape index (κ2) is 6.65. The second-order valence-electron chi connectivity index (χ2n) is 7.48. The average Bonchev–Trinajstić information content (AvgIpc) is 3.00. The van der Waals surface area contributed by atoms with Gasteiger partial charge in [-0.2, -0.15) is 0 Å². The van der Waals surface area contributed by atoms with Crippen molar-refractivity contribution in [2.75, 3.05) is 26.2 Å². The van der Waals surface area contributed by atoms with Gasteiger partial charge in [0, 0.05) is 37.8 Å². The molecule has 1 aromatic rings. The number of rotatable bonds is 4. The van der Waals surface area contributed by atoms with E-state index in [1.165, 1.54) is 6.07 Å². The van der Waals surface area contributed by atoms with Crippen LogP contribution in [0, 0.1) is 5.82 Å². The molecule has 2 heterocycles. The van der Waals surface area contributed by atoms with E-state index < -0.39 is 5.67 Å². The van der Waals surface area contributed by atoms with Gasteiger partial charge in [-0.3, -0.25) is 9.69 Å². The molecule has 1 aromatic carbocycles. The minimum absolute atomic E-state index is 0.0303. The zero-order chi connectivity index (χ0) is 17.4. The monoisotopic (exact) mass is 350 g/mol. The molecule has 6 heteroatoms. The standard InChI is InChI=1S/C19H24F2N2O2/c20-17-5-2-1-4-14(17)13-25-16-10-15-11-23(9-8-22(15)12-16)18(24)19(21)6-3-7-19/h1-2,4-5,15-16H,3,6-13H2/t15-,16-/m1/s1. The van der Waals surface area contributed by atoms with Crippen LogP contribution in [0.1, 0.15) is 31.2 Å². The van der Waals surface area contributed by atoms with E-state index in [0.29, 0.717) is 31.5 Å². The van der Waals surface area contributed by atoms with Gasteiger partial charge in [0.1, 0.15) is 5.82 Å². The maximum atomic E-state index is 14.4. The van der Waals surface area contributed by atoms with Crippen molar-refractivity contribution in [1.29, 1.82) is 0 Å². The smallest absolute Gasteiger partial charge is 0.260 e. The molecule has 3 fully saturated rings. The van der Waals surface area contributed by atoms with E-state index in [-0.39, 0.29) is 30.5 Å². The van der Waals surface area contributed by atoms with E-state index in [1.807, 2.05) is 0 Å². The SMILES string of the molecule is O=C(N1CCN2C[C@H](OCc3ccccc3F)C[C@@H]2C1)C1(F)CCC1. The Kier molecular flexibility index (Phi) is 4.50. The number of hydrogen-bond acceptors (Lipinski definition) is 3. The molecule has 0 unspecified atom stereocenters. The number of ether oxygens (including phenoxy) is 1. The van der Waals surface area contributed by atoms with Crippen LogP contribution in [0.25, 0.3) is 0 Å². The predicted octanol–water partition coefficient (Wildman–Crippen LogP) is 2.52. The highest BCUT2D eigenvalue weighted by Gasteiger charge is 2.49. The molecule has 0 bridgehead atoms. The summed E-state index contributed by atoms with van der Waals surface area (Å²) in [4.78, 5) is 16.4. The predicted molar refractivity (Wildman–Crippen MR) is 89.2 cm³/mol. The molecule has 2 atom stereocenters. The molecule has 2 aliphatic heterocycles. The number of nitrogens with zero attached hydrogens (tertiary/aromatic N) is 2. The van der Waals surface area contributed by atoms with Crippen molar-refractivity contribution >= 4 is 5.91 Å². The Bertz CT molecular complexity index is 650. The summed E-state index contributed by atoms with van der Waals surface area (Å²) in [6.07, 6.45) is 2.37. The number of halogens is 2. The fourth-order valence-electron chi connectivity index (χ4n) is 4.11. The van der Waals surface area contributed by atoms with Crippen LogP contribution in [0.4, 0.5) is 8.78 Å². The van der Waals surface area contributed by atoms with Gasteiger partial charge in [-0.15, -0.1) is 0 Å². The number of amides is 1. The molecular formula is C19H24F2N2O2. The third-order valence-electron chi connectivity index (χ3n) is 5.83. The second-order valence-corrected chi connectivity index (χ2v) is 7.48. The first kappa shape index (κ1) is 16.9. The fraction of sp³-hybridized carbons (Fsp3) is 0.632. The zero-order valence-electron chi connectivity index (χ0n) is 14.3. The van der Waals surface area contributed by atoms with Crippen LogP contribution in [-0.4, -0.2) is 59.7 Å². The molecule has 0 radical (unpaired) electrons. The Hall–Kier alpha value is -1.53. The Balaban J connectivity index is 1.31. The molecule has 1 aliphatic carbocycles. The number of carbonyl (C=O) groups excluding carboxylic acids is 1. The van der Waals surface area contributed by atoms with Gasteiger partial charge in [0.05, 0.1) is 12.7 Å². The van der Waals surface area contributed by atoms with Crippen LogP contribution < -0.4 is 0 Å². The lowest BCUT2D eigenvalue weighted by Crippen LogP contribution is -2.58. The van der Waals surface area contributed by atoms with Crippen molar-refractivity contribution in [3.63, 3.8) is 0 Å². The fourth-order valence-corrected chi connectivity index (χ4v) is 4.11. The summed E-state index contributed by atoms with van der Waals surface area (Å²) in [6.45, 7) is 2.97. The van der Waals surface area contributed by atoms with Crippen LogP contribution in [0.15, 0.2) is 24.3 Å². The number of alkyl halides is 1. The summed E-state index contributed by atoms with van der Waals surface area (Å²) >= 11 is 0. The first-order chi connectivity index (χ1) is 12.0. The van der Waals surface area contributed by atoms with Crippen molar-refractivity contribution in [2.45, 2.75) is 50.1 Å². The number of carbonyl (C=O) groups is 1. The van der Waals surface area contributed by atoms with Gasteiger partial charge >= 0.3 is 0 Å². The van der Waals surface area contributed by atoms with Gasteiger partial charge in [0.15, 0.2) is 5.67 Å². The van der Waals surface area contributed by atoms with Crippen LogP contribution in [0.3, 0.4) is 0 Å². The minimum atomic E-state index is -1.61. The van der Waals surface area contributed by atoms with Crippen LogP contribution >= 0.6 is 0 Å². The maximum absolute atomic E-state index is 14.4. The van der Waals surface area contributed by atoms with Gasteiger partial charge in [0.25, 0.3) is 5.91 Å². The summed E-state index contributed by atoms with van der Waals surface area (Å²) in [5.41, 5.74) is -1.05. The maximum Gasteiger partial charge on any atom is 0.260 e. The summed E-state index contributed by atoms with van der Waals surface area (Å²) in [5, 5.41) is 0. The molecule has 4 nitrogen and oxygen atoms in total. The molecule has 1 saturated carbocycles. The van der Waals surface area contributed by atoms with Crippen LogP contribution in [0.2, 0.25) is 0 Å². The Morgan fingerprint density at radius 3 is 2.76 bits per heavy atom. The highest BCUT2D eigenvalue weighted by molar-refractivity contribution is 5.86. The number of benzene rings is 1. The van der Waals surface area contributed by atoms with Gasteiger partial charge < -0.3 is 9.64 Å². The molecule has 1 amide bonds. The van der Waals surface area contributed by atoms with E-state index in [0.717, 1.165) is 25.9 Å². The van der Waals surface area contributed by atoms with Gasteiger partial charge in [-0.25, -0.2) is 8.78 Å². The van der Waals surface area contributed by atoms with Crippen molar-refractivity contribution in [1.82, 2.24) is 9.80 Å². The van der Waals surface area contributed by atoms with E-state index >= 15 is 0 Å². The number of hydrogen-bond donors (Lipinski definition) is 0. The zero-order valence-corrected chi connectivity index (χ0v) is 14.3. The highest BCUT2D eigenvalue weighted by atomic mass is 19.1. The normalized spacial score (nSPS) is 28.5. The summed E-state index contributed by atoms with van der Waals surface area (Å²) in [6, 6.07) is 6.85. The van der Waals surface area contributed by atoms with E-state index in [2.05, 4.69) is 4.90 Å². The van der Waals surface area contributed by atoms with Crippen LogP contribution in [-0.2, 0) is 16.1 Å². The quantitative estimate of drug-likeness (QED) is 0.837. The number of piperazine rings is 1. The molecule has 4 rings (SSSR count). The molecule has 0 aromatic heterocycles. The van der Waals surface area contributed by atoms with Crippen molar-refractivity contribution in [3.05, 3.63) is 35.6 Å². The summed E-state index contributed by atoms with van der Waals surface area (Å²) in [5.74, 6) is -0.571. The van der Waals surface area contributed by atoms with Crippen molar-refractivity contribution in [2.24, 2.45) is 0 Å². The van der Waals surface area contributed by atoms with Crippen LogP contribution in [0.5, 0.6) is 0 Å². The lowest BCUT2D eigenvalue weighted by molar-refractivity contribution is -0.152. The first-order valence-corrected chi connectivity index (χ1v) is 9.12. The Morgan fingerprint density at radius 1 is 1.24 bits per heavy atom. The van der Waals surface area contributed by atoms with Crippen molar-refractivity contribution < 1.29 is 18.3 Å². The highest BCUT2D eigenvalue weighted by Crippen LogP contribution is 2.38. The topological polar surface area (TPSA) is 32.8 Å². The van der Waals surface area contributed by atoms with Crippen molar-refractivity contribution in [3.8, 4) is 0 Å². The Morgan fingerprint density at radius 2 is 2.04 bits per heavy atom. The molecule has 0 spiro atoms. The molecule has 2 saturated heterocycles. The first-order valence-electron chi connectivity index (χ1n) is 9.12. The minimum Gasteiger partial charge on any atom is -0.372 e. The largest absolute Gasteiger partial charge is 0.372 e. The van der Waals surface area contributed by atoms with Gasteiger partial charge in [-0.05, 0) is 31.7 Å². The van der Waals surface area contributed by atoms with E-state index in [9.17, 15) is 13.6 Å².